The van der Waals surface area contributed by atoms with Crippen molar-refractivity contribution in [3.8, 4) is 0 Å². The van der Waals surface area contributed by atoms with Gasteiger partial charge < -0.3 is 20.9 Å². The van der Waals surface area contributed by atoms with Crippen LogP contribution in [0.3, 0.4) is 0 Å². The molecule has 4 rings (SSSR count). The normalized spacial score (nSPS) is 11.8. The van der Waals surface area contributed by atoms with E-state index < -0.39 is 17.1 Å². The van der Waals surface area contributed by atoms with Gasteiger partial charge in [0.05, 0.1) is 10.3 Å². The van der Waals surface area contributed by atoms with Crippen LogP contribution in [-0.2, 0) is 9.59 Å². The summed E-state index contributed by atoms with van der Waals surface area (Å²) >= 11 is 7.22. The standard InChI is InChI=1S/C32H30ClN5O3S/c1-21(30(39)37-29-18-11-24(33)20-34-29)42-27-16-12-25(13-17-27)35-32(41)28(36-31(40)23-7-5-4-6-8-23)19-22-9-14-26(15-10-22)38(2)3/h4-21H,1-3H3,(H,35,41)(H,36,40)(H,34,37,39)/b28-19-. The number of hydrogen-bond acceptors (Lipinski definition) is 6. The van der Waals surface area contributed by atoms with Crippen molar-refractivity contribution in [2.24, 2.45) is 0 Å². The van der Waals surface area contributed by atoms with E-state index in [1.54, 1.807) is 61.5 Å². The highest BCUT2D eigenvalue weighted by Crippen LogP contribution is 2.26. The molecule has 3 amide bonds. The number of benzene rings is 3. The lowest BCUT2D eigenvalue weighted by molar-refractivity contribution is -0.115. The number of amides is 3. The highest BCUT2D eigenvalue weighted by atomic mass is 35.5. The van der Waals surface area contributed by atoms with E-state index >= 15 is 0 Å². The fraction of sp³-hybridized carbons (Fsp3) is 0.125. The van der Waals surface area contributed by atoms with Crippen LogP contribution in [-0.4, -0.2) is 42.1 Å². The number of nitrogens with zero attached hydrogens (tertiary/aromatic N) is 2. The first-order valence-corrected chi connectivity index (χ1v) is 14.3. The molecule has 0 spiro atoms. The van der Waals surface area contributed by atoms with E-state index in [1.807, 2.05) is 61.5 Å². The molecule has 42 heavy (non-hydrogen) atoms. The first kappa shape index (κ1) is 30.4. The van der Waals surface area contributed by atoms with E-state index in [2.05, 4.69) is 20.9 Å². The second-order valence-electron chi connectivity index (χ2n) is 9.45. The molecule has 10 heteroatoms. The molecule has 0 saturated heterocycles. The Balaban J connectivity index is 1.44. The van der Waals surface area contributed by atoms with Gasteiger partial charge in [-0.1, -0.05) is 41.9 Å². The third kappa shape index (κ3) is 8.70. The van der Waals surface area contributed by atoms with Crippen molar-refractivity contribution < 1.29 is 14.4 Å². The van der Waals surface area contributed by atoms with Crippen LogP contribution in [0.2, 0.25) is 5.02 Å². The van der Waals surface area contributed by atoms with E-state index in [0.29, 0.717) is 22.1 Å². The lowest BCUT2D eigenvalue weighted by Crippen LogP contribution is -2.30. The van der Waals surface area contributed by atoms with Gasteiger partial charge in [-0.3, -0.25) is 14.4 Å². The second-order valence-corrected chi connectivity index (χ2v) is 11.3. The van der Waals surface area contributed by atoms with Crippen LogP contribution in [0.15, 0.2) is 108 Å². The molecule has 0 aliphatic rings. The van der Waals surface area contributed by atoms with Gasteiger partial charge in [-0.05, 0) is 79.2 Å². The summed E-state index contributed by atoms with van der Waals surface area (Å²) in [5, 5.41) is 8.46. The van der Waals surface area contributed by atoms with E-state index in [9.17, 15) is 14.4 Å². The molecular weight excluding hydrogens is 570 g/mol. The van der Waals surface area contributed by atoms with E-state index in [4.69, 9.17) is 11.6 Å². The number of carbonyl (C=O) groups excluding carboxylic acids is 3. The average molecular weight is 600 g/mol. The van der Waals surface area contributed by atoms with Crippen LogP contribution in [0.1, 0.15) is 22.8 Å². The number of anilines is 3. The van der Waals surface area contributed by atoms with Crippen LogP contribution in [0.25, 0.3) is 6.08 Å². The summed E-state index contributed by atoms with van der Waals surface area (Å²) in [5.41, 5.74) is 2.84. The molecule has 3 aromatic carbocycles. The summed E-state index contributed by atoms with van der Waals surface area (Å²) in [6.45, 7) is 1.79. The van der Waals surface area contributed by atoms with E-state index in [0.717, 1.165) is 16.1 Å². The maximum absolute atomic E-state index is 13.3. The Morgan fingerprint density at radius 3 is 2.19 bits per heavy atom. The molecule has 0 saturated carbocycles. The minimum Gasteiger partial charge on any atom is -0.378 e. The Kier molecular flexibility index (Phi) is 10.4. The molecule has 0 radical (unpaired) electrons. The highest BCUT2D eigenvalue weighted by Gasteiger charge is 2.17. The number of halogens is 1. The van der Waals surface area contributed by atoms with Gasteiger partial charge in [0.15, 0.2) is 0 Å². The summed E-state index contributed by atoms with van der Waals surface area (Å²) in [5.74, 6) is -0.643. The Labute approximate surface area is 254 Å². The minimum atomic E-state index is -0.473. The lowest BCUT2D eigenvalue weighted by Gasteiger charge is -2.14. The molecule has 214 valence electrons. The second kappa shape index (κ2) is 14.3. The largest absolute Gasteiger partial charge is 0.378 e. The Bertz CT molecular complexity index is 1560. The summed E-state index contributed by atoms with van der Waals surface area (Å²) in [4.78, 5) is 45.7. The van der Waals surface area contributed by atoms with E-state index in [-0.39, 0.29) is 11.6 Å². The van der Waals surface area contributed by atoms with Crippen LogP contribution >= 0.6 is 23.4 Å². The van der Waals surface area contributed by atoms with Crippen molar-refractivity contribution in [2.75, 3.05) is 29.6 Å². The molecular formula is C32H30ClN5O3S. The summed E-state index contributed by atoms with van der Waals surface area (Å²) in [6, 6.07) is 26.7. The van der Waals surface area contributed by atoms with E-state index in [1.165, 1.54) is 18.0 Å². The van der Waals surface area contributed by atoms with Crippen molar-refractivity contribution in [3.63, 3.8) is 0 Å². The third-order valence-electron chi connectivity index (χ3n) is 6.02. The van der Waals surface area contributed by atoms with Gasteiger partial charge >= 0.3 is 0 Å². The summed E-state index contributed by atoms with van der Waals surface area (Å²) < 4.78 is 0. The highest BCUT2D eigenvalue weighted by molar-refractivity contribution is 8.00. The maximum Gasteiger partial charge on any atom is 0.272 e. The summed E-state index contributed by atoms with van der Waals surface area (Å²) in [6.07, 6.45) is 3.10. The number of rotatable bonds is 10. The first-order chi connectivity index (χ1) is 20.2. The van der Waals surface area contributed by atoms with Crippen LogP contribution in [0.5, 0.6) is 0 Å². The van der Waals surface area contributed by atoms with Gasteiger partial charge in [0.2, 0.25) is 5.91 Å². The summed E-state index contributed by atoms with van der Waals surface area (Å²) in [7, 11) is 3.89. The van der Waals surface area contributed by atoms with Crippen LogP contribution in [0.4, 0.5) is 17.2 Å². The molecule has 1 atom stereocenters. The molecule has 0 bridgehead atoms. The molecule has 4 aromatic rings. The molecule has 1 unspecified atom stereocenters. The zero-order valence-corrected chi connectivity index (χ0v) is 24.9. The first-order valence-electron chi connectivity index (χ1n) is 13.0. The quantitative estimate of drug-likeness (QED) is 0.145. The van der Waals surface area contributed by atoms with Gasteiger partial charge in [-0.25, -0.2) is 4.98 Å². The minimum absolute atomic E-state index is 0.0982. The fourth-order valence-corrected chi connectivity index (χ4v) is 4.71. The molecule has 0 aliphatic heterocycles. The molecule has 0 aliphatic carbocycles. The topological polar surface area (TPSA) is 103 Å². The lowest BCUT2D eigenvalue weighted by atomic mass is 10.1. The number of thioether (sulfide) groups is 1. The Morgan fingerprint density at radius 2 is 1.57 bits per heavy atom. The molecule has 1 heterocycles. The molecule has 8 nitrogen and oxygen atoms in total. The van der Waals surface area contributed by atoms with Crippen LogP contribution < -0.4 is 20.9 Å². The van der Waals surface area contributed by atoms with Crippen molar-refractivity contribution in [2.45, 2.75) is 17.1 Å². The van der Waals surface area contributed by atoms with Gasteiger partial charge in [-0.2, -0.15) is 0 Å². The van der Waals surface area contributed by atoms with Crippen molar-refractivity contribution in [3.05, 3.63) is 119 Å². The fourth-order valence-electron chi connectivity index (χ4n) is 3.73. The van der Waals surface area contributed by atoms with Crippen molar-refractivity contribution in [1.82, 2.24) is 10.3 Å². The van der Waals surface area contributed by atoms with Gasteiger partial charge in [-0.15, -0.1) is 11.8 Å². The van der Waals surface area contributed by atoms with Crippen molar-refractivity contribution in [1.29, 1.82) is 0 Å². The van der Waals surface area contributed by atoms with Crippen LogP contribution in [0, 0.1) is 0 Å². The number of aromatic nitrogens is 1. The number of pyridine rings is 1. The van der Waals surface area contributed by atoms with Gasteiger partial charge in [0, 0.05) is 42.1 Å². The number of carbonyl (C=O) groups is 3. The van der Waals surface area contributed by atoms with Gasteiger partial charge in [0.1, 0.15) is 11.5 Å². The molecule has 0 fully saturated rings. The van der Waals surface area contributed by atoms with Gasteiger partial charge in [0.25, 0.3) is 11.8 Å². The average Bonchev–Trinajstić information content (AvgIpc) is 2.99. The number of hydrogen-bond donors (Lipinski definition) is 3. The zero-order chi connectivity index (χ0) is 30.1. The smallest absolute Gasteiger partial charge is 0.272 e. The molecule has 1 aromatic heterocycles. The number of nitrogens with one attached hydrogen (secondary N) is 3. The third-order valence-corrected chi connectivity index (χ3v) is 7.36. The monoisotopic (exact) mass is 599 g/mol. The zero-order valence-electron chi connectivity index (χ0n) is 23.3. The predicted octanol–water partition coefficient (Wildman–Crippen LogP) is 6.33. The predicted molar refractivity (Wildman–Crippen MR) is 171 cm³/mol. The maximum atomic E-state index is 13.3. The van der Waals surface area contributed by atoms with Crippen molar-refractivity contribution >= 4 is 64.4 Å². The SMILES string of the molecule is CC(Sc1ccc(NC(=O)/C(=C/c2ccc(N(C)C)cc2)NC(=O)c2ccccc2)cc1)C(=O)Nc1ccc(Cl)cn1. The Morgan fingerprint density at radius 1 is 0.881 bits per heavy atom. The molecule has 3 N–H and O–H groups in total. The Hall–Kier alpha value is -4.60.